The molecule has 5 aromatic carbocycles. The van der Waals surface area contributed by atoms with E-state index in [4.69, 9.17) is 0 Å². The minimum Gasteiger partial charge on any atom is -0.311 e. The Kier molecular flexibility index (Phi) is 6.41. The standard InChI is InChI=1S/C34H27N/c1-3-26-13-19-32(20-14-26)35(33-21-15-27(4-2)16-22-33)34-23-17-29(18-24-34)31-12-8-11-30(25-31)28-9-6-5-7-10-28/h3-25H,1-2H2. The summed E-state index contributed by atoms with van der Waals surface area (Å²) in [6.45, 7) is 7.76. The molecule has 0 fully saturated rings. The Balaban J connectivity index is 1.51. The normalized spacial score (nSPS) is 10.5. The summed E-state index contributed by atoms with van der Waals surface area (Å²) in [4.78, 5) is 2.27. The molecule has 5 rings (SSSR count). The van der Waals surface area contributed by atoms with Gasteiger partial charge in [-0.25, -0.2) is 0 Å². The van der Waals surface area contributed by atoms with Gasteiger partial charge in [-0.1, -0.05) is 110 Å². The van der Waals surface area contributed by atoms with Crippen LogP contribution in [0.5, 0.6) is 0 Å². The Morgan fingerprint density at radius 2 is 0.800 bits per heavy atom. The van der Waals surface area contributed by atoms with E-state index < -0.39 is 0 Å². The fourth-order valence-electron chi connectivity index (χ4n) is 4.28. The van der Waals surface area contributed by atoms with Gasteiger partial charge in [-0.2, -0.15) is 0 Å². The Hall–Kier alpha value is -4.62. The van der Waals surface area contributed by atoms with Crippen LogP contribution in [0.4, 0.5) is 17.1 Å². The number of anilines is 3. The monoisotopic (exact) mass is 449 g/mol. The molecular formula is C34H27N. The summed E-state index contributed by atoms with van der Waals surface area (Å²) >= 11 is 0. The number of hydrogen-bond acceptors (Lipinski definition) is 1. The first kappa shape index (κ1) is 22.2. The first-order valence-corrected chi connectivity index (χ1v) is 11.8. The average Bonchev–Trinajstić information content (AvgIpc) is 2.95. The highest BCUT2D eigenvalue weighted by molar-refractivity contribution is 5.80. The Labute approximate surface area is 208 Å². The molecule has 5 aromatic rings. The molecule has 35 heavy (non-hydrogen) atoms. The molecule has 0 saturated carbocycles. The van der Waals surface area contributed by atoms with Crippen molar-refractivity contribution in [2.24, 2.45) is 0 Å². The summed E-state index contributed by atoms with van der Waals surface area (Å²) in [6.07, 6.45) is 3.73. The van der Waals surface area contributed by atoms with Crippen LogP contribution < -0.4 is 4.90 Å². The molecule has 0 N–H and O–H groups in total. The van der Waals surface area contributed by atoms with Crippen LogP contribution in [0.2, 0.25) is 0 Å². The summed E-state index contributed by atoms with van der Waals surface area (Å²) in [5, 5.41) is 0. The van der Waals surface area contributed by atoms with Crippen molar-refractivity contribution in [3.05, 3.63) is 152 Å². The second-order valence-corrected chi connectivity index (χ2v) is 8.42. The molecule has 0 radical (unpaired) electrons. The van der Waals surface area contributed by atoms with Crippen LogP contribution in [-0.4, -0.2) is 0 Å². The van der Waals surface area contributed by atoms with Gasteiger partial charge in [0.1, 0.15) is 0 Å². The summed E-state index contributed by atoms with van der Waals surface area (Å²) in [5.41, 5.74) is 10.3. The van der Waals surface area contributed by atoms with Crippen molar-refractivity contribution < 1.29 is 0 Å². The molecule has 0 saturated heterocycles. The molecule has 168 valence electrons. The van der Waals surface area contributed by atoms with E-state index in [1.807, 2.05) is 18.2 Å². The molecule has 1 nitrogen and oxygen atoms in total. The van der Waals surface area contributed by atoms with Crippen molar-refractivity contribution in [1.29, 1.82) is 0 Å². The molecule has 0 aromatic heterocycles. The zero-order valence-corrected chi connectivity index (χ0v) is 19.6. The molecule has 0 bridgehead atoms. The van der Waals surface area contributed by atoms with Crippen LogP contribution in [0, 0.1) is 0 Å². The van der Waals surface area contributed by atoms with Gasteiger partial charge in [0.25, 0.3) is 0 Å². The number of rotatable bonds is 7. The average molecular weight is 450 g/mol. The maximum atomic E-state index is 3.88. The lowest BCUT2D eigenvalue weighted by molar-refractivity contribution is 1.28. The van der Waals surface area contributed by atoms with E-state index in [0.717, 1.165) is 28.2 Å². The highest BCUT2D eigenvalue weighted by atomic mass is 15.1. The van der Waals surface area contributed by atoms with E-state index in [1.165, 1.54) is 22.3 Å². The summed E-state index contributed by atoms with van der Waals surface area (Å²) in [5.74, 6) is 0. The zero-order valence-electron chi connectivity index (χ0n) is 19.6. The Bertz CT molecular complexity index is 1380. The second-order valence-electron chi connectivity index (χ2n) is 8.42. The van der Waals surface area contributed by atoms with Gasteiger partial charge in [-0.05, 0) is 75.8 Å². The molecule has 0 heterocycles. The fourth-order valence-corrected chi connectivity index (χ4v) is 4.28. The van der Waals surface area contributed by atoms with Crippen LogP contribution in [0.15, 0.2) is 141 Å². The third-order valence-electron chi connectivity index (χ3n) is 6.20. The van der Waals surface area contributed by atoms with Crippen LogP contribution in [0.25, 0.3) is 34.4 Å². The van der Waals surface area contributed by atoms with Crippen molar-refractivity contribution in [2.75, 3.05) is 4.90 Å². The lowest BCUT2D eigenvalue weighted by Crippen LogP contribution is -2.09. The summed E-state index contributed by atoms with van der Waals surface area (Å²) < 4.78 is 0. The number of nitrogens with zero attached hydrogens (tertiary/aromatic N) is 1. The fraction of sp³-hybridized carbons (Fsp3) is 0. The van der Waals surface area contributed by atoms with Gasteiger partial charge in [-0.15, -0.1) is 0 Å². The van der Waals surface area contributed by atoms with Crippen molar-refractivity contribution in [3.8, 4) is 22.3 Å². The number of benzene rings is 5. The van der Waals surface area contributed by atoms with Gasteiger partial charge in [0.2, 0.25) is 0 Å². The zero-order chi connectivity index (χ0) is 24.0. The Morgan fingerprint density at radius 3 is 1.26 bits per heavy atom. The summed E-state index contributed by atoms with van der Waals surface area (Å²) in [7, 11) is 0. The van der Waals surface area contributed by atoms with E-state index in [9.17, 15) is 0 Å². The third kappa shape index (κ3) is 4.85. The van der Waals surface area contributed by atoms with Crippen LogP contribution in [-0.2, 0) is 0 Å². The highest BCUT2D eigenvalue weighted by Gasteiger charge is 2.13. The van der Waals surface area contributed by atoms with E-state index in [1.54, 1.807) is 0 Å². The smallest absolute Gasteiger partial charge is 0.0462 e. The van der Waals surface area contributed by atoms with Gasteiger partial charge in [-0.3, -0.25) is 0 Å². The Morgan fingerprint density at radius 1 is 0.400 bits per heavy atom. The molecule has 1 heteroatoms. The van der Waals surface area contributed by atoms with Gasteiger partial charge >= 0.3 is 0 Å². The van der Waals surface area contributed by atoms with Crippen LogP contribution >= 0.6 is 0 Å². The van der Waals surface area contributed by atoms with E-state index in [0.29, 0.717) is 0 Å². The van der Waals surface area contributed by atoms with E-state index in [2.05, 4.69) is 139 Å². The van der Waals surface area contributed by atoms with Crippen molar-refractivity contribution in [1.82, 2.24) is 0 Å². The highest BCUT2D eigenvalue weighted by Crippen LogP contribution is 2.36. The first-order chi connectivity index (χ1) is 17.2. The molecule has 0 spiro atoms. The van der Waals surface area contributed by atoms with E-state index in [-0.39, 0.29) is 0 Å². The molecular weight excluding hydrogens is 422 g/mol. The lowest BCUT2D eigenvalue weighted by atomic mass is 9.99. The topological polar surface area (TPSA) is 3.24 Å². The molecule has 0 amide bonds. The SMILES string of the molecule is C=Cc1ccc(N(c2ccc(C=C)cc2)c2ccc(-c3cccc(-c4ccccc4)c3)cc2)cc1. The predicted molar refractivity (Wildman–Crippen MR) is 152 cm³/mol. The van der Waals surface area contributed by atoms with Crippen LogP contribution in [0.1, 0.15) is 11.1 Å². The minimum absolute atomic E-state index is 1.10. The molecule has 0 atom stereocenters. The largest absolute Gasteiger partial charge is 0.311 e. The van der Waals surface area contributed by atoms with E-state index >= 15 is 0 Å². The molecule has 0 unspecified atom stereocenters. The maximum absolute atomic E-state index is 3.88. The third-order valence-corrected chi connectivity index (χ3v) is 6.20. The van der Waals surface area contributed by atoms with Gasteiger partial charge < -0.3 is 4.90 Å². The molecule has 0 aliphatic rings. The van der Waals surface area contributed by atoms with Crippen molar-refractivity contribution in [2.45, 2.75) is 0 Å². The van der Waals surface area contributed by atoms with Gasteiger partial charge in [0.15, 0.2) is 0 Å². The lowest BCUT2D eigenvalue weighted by Gasteiger charge is -2.26. The second kappa shape index (κ2) is 10.1. The van der Waals surface area contributed by atoms with Crippen molar-refractivity contribution in [3.63, 3.8) is 0 Å². The number of hydrogen-bond donors (Lipinski definition) is 0. The van der Waals surface area contributed by atoms with Crippen molar-refractivity contribution >= 4 is 29.2 Å². The maximum Gasteiger partial charge on any atom is 0.0462 e. The first-order valence-electron chi connectivity index (χ1n) is 11.8. The van der Waals surface area contributed by atoms with Crippen LogP contribution in [0.3, 0.4) is 0 Å². The molecule has 0 aliphatic carbocycles. The minimum atomic E-state index is 1.10. The quantitative estimate of drug-likeness (QED) is 0.239. The summed E-state index contributed by atoms with van der Waals surface area (Å²) in [6, 6.07) is 44.9. The predicted octanol–water partition coefficient (Wildman–Crippen LogP) is 9.78. The van der Waals surface area contributed by atoms with Gasteiger partial charge in [0, 0.05) is 17.1 Å². The molecule has 0 aliphatic heterocycles. The van der Waals surface area contributed by atoms with Gasteiger partial charge in [0.05, 0.1) is 0 Å².